The number of nitrogens with zero attached hydrogens (tertiary/aromatic N) is 2. The van der Waals surface area contributed by atoms with Gasteiger partial charge in [0.15, 0.2) is 5.72 Å². The standard InChI is InChI=1S/C37H60N2O11/c1-4-5-6-7-8-10-13-16-19-26-37(35(47)48,27-20-17-14-11-9-12-15-18-21-31(42)43)34(46)38-28(33(45)49-36(38,2)3)22-25-32(44)50-39-29(40)23-24-30(39)41/h28H,4-27H2,1-3H3,(H,42,43)(H,47,48)/t28-,37?/m0/s1. The summed E-state index contributed by atoms with van der Waals surface area (Å²) >= 11 is 0. The van der Waals surface area contributed by atoms with Crippen molar-refractivity contribution in [2.45, 2.75) is 187 Å². The second kappa shape index (κ2) is 21.6. The van der Waals surface area contributed by atoms with E-state index in [1.54, 1.807) is 0 Å². The maximum absolute atomic E-state index is 14.5. The second-order valence-electron chi connectivity index (χ2n) is 14.3. The zero-order valence-corrected chi connectivity index (χ0v) is 30.5. The number of hydroxylamine groups is 2. The number of amides is 3. The number of aliphatic carboxylic acids is 2. The molecule has 1 unspecified atom stereocenters. The van der Waals surface area contributed by atoms with Crippen LogP contribution in [0.5, 0.6) is 0 Å². The van der Waals surface area contributed by atoms with Crippen LogP contribution in [0, 0.1) is 5.41 Å². The zero-order chi connectivity index (χ0) is 37.2. The van der Waals surface area contributed by atoms with Crippen LogP contribution in [0.25, 0.3) is 0 Å². The molecule has 2 aliphatic heterocycles. The number of esters is 1. The lowest BCUT2D eigenvalue weighted by Gasteiger charge is -2.39. The van der Waals surface area contributed by atoms with Gasteiger partial charge in [-0.15, -0.1) is 5.06 Å². The third-order valence-electron chi connectivity index (χ3n) is 9.82. The van der Waals surface area contributed by atoms with Gasteiger partial charge in [-0.3, -0.25) is 28.9 Å². The van der Waals surface area contributed by atoms with Crippen molar-refractivity contribution >= 4 is 41.6 Å². The molecule has 284 valence electrons. The third-order valence-corrected chi connectivity index (χ3v) is 9.82. The van der Waals surface area contributed by atoms with Crippen LogP contribution in [0.2, 0.25) is 0 Å². The van der Waals surface area contributed by atoms with E-state index >= 15 is 0 Å². The third kappa shape index (κ3) is 13.3. The molecule has 0 aromatic carbocycles. The van der Waals surface area contributed by atoms with Gasteiger partial charge in [-0.2, -0.15) is 0 Å². The molecule has 50 heavy (non-hydrogen) atoms. The first-order valence-electron chi connectivity index (χ1n) is 18.8. The zero-order valence-electron chi connectivity index (χ0n) is 30.5. The van der Waals surface area contributed by atoms with Crippen molar-refractivity contribution in [1.29, 1.82) is 0 Å². The van der Waals surface area contributed by atoms with Crippen LogP contribution in [0.1, 0.15) is 175 Å². The number of hydrogen-bond donors (Lipinski definition) is 2. The first-order valence-corrected chi connectivity index (χ1v) is 18.8. The Labute approximate surface area is 296 Å². The number of unbranched alkanes of at least 4 members (excludes halogenated alkanes) is 15. The molecule has 2 heterocycles. The molecule has 13 nitrogen and oxygen atoms in total. The summed E-state index contributed by atoms with van der Waals surface area (Å²) in [5, 5.41) is 19.9. The van der Waals surface area contributed by atoms with Crippen LogP contribution >= 0.6 is 0 Å². The Bertz CT molecular complexity index is 1150. The molecule has 13 heteroatoms. The van der Waals surface area contributed by atoms with Gasteiger partial charge in [0.2, 0.25) is 5.91 Å². The van der Waals surface area contributed by atoms with Crippen molar-refractivity contribution in [3.05, 3.63) is 0 Å². The molecule has 2 atom stereocenters. The van der Waals surface area contributed by atoms with Gasteiger partial charge in [0.1, 0.15) is 11.5 Å². The number of imide groups is 1. The largest absolute Gasteiger partial charge is 0.481 e. The van der Waals surface area contributed by atoms with Gasteiger partial charge in [-0.05, 0) is 39.5 Å². The number of carbonyl (C=O) groups is 7. The highest BCUT2D eigenvalue weighted by Crippen LogP contribution is 2.41. The van der Waals surface area contributed by atoms with Crippen molar-refractivity contribution in [3.8, 4) is 0 Å². The van der Waals surface area contributed by atoms with Gasteiger partial charge in [-0.25, -0.2) is 9.59 Å². The predicted molar refractivity (Wildman–Crippen MR) is 183 cm³/mol. The molecular formula is C37H60N2O11. The smallest absolute Gasteiger partial charge is 0.333 e. The van der Waals surface area contributed by atoms with Crippen molar-refractivity contribution in [2.75, 3.05) is 0 Å². The number of rotatable bonds is 27. The summed E-state index contributed by atoms with van der Waals surface area (Å²) < 4.78 is 5.55. The minimum absolute atomic E-state index is 0.0671. The SMILES string of the molecule is CCCCCCCCCCCC(CCCCCCCCCCC(=O)O)(C(=O)O)C(=O)N1[C@@H](CCC(=O)ON2C(=O)CCC2=O)C(=O)OC1(C)C. The molecule has 0 radical (unpaired) electrons. The minimum Gasteiger partial charge on any atom is -0.481 e. The molecule has 0 saturated carbocycles. The number of carboxylic acid groups (broad SMARTS) is 2. The van der Waals surface area contributed by atoms with E-state index in [4.69, 9.17) is 14.7 Å². The van der Waals surface area contributed by atoms with E-state index < -0.39 is 65.2 Å². The molecule has 2 saturated heterocycles. The van der Waals surface area contributed by atoms with Gasteiger partial charge in [0.05, 0.1) is 6.42 Å². The Morgan fingerprint density at radius 1 is 0.740 bits per heavy atom. The molecule has 2 rings (SSSR count). The number of carbonyl (C=O) groups excluding carboxylic acids is 5. The Kier molecular flexibility index (Phi) is 18.5. The Balaban J connectivity index is 2.12. The maximum atomic E-state index is 14.5. The first kappa shape index (κ1) is 42.7. The van der Waals surface area contributed by atoms with Crippen molar-refractivity contribution < 1.29 is 53.3 Å². The molecule has 0 bridgehead atoms. The minimum atomic E-state index is -1.80. The van der Waals surface area contributed by atoms with Crippen LogP contribution in [0.15, 0.2) is 0 Å². The maximum Gasteiger partial charge on any atom is 0.333 e. The van der Waals surface area contributed by atoms with E-state index in [0.717, 1.165) is 64.2 Å². The molecule has 0 aliphatic carbocycles. The molecule has 2 aliphatic rings. The number of carboxylic acids is 2. The normalized spacial score (nSPS) is 18.3. The van der Waals surface area contributed by atoms with Crippen LogP contribution in [-0.2, 0) is 43.1 Å². The molecule has 2 N–H and O–H groups in total. The number of cyclic esters (lactones) is 1. The molecule has 2 fully saturated rings. The molecular weight excluding hydrogens is 648 g/mol. The summed E-state index contributed by atoms with van der Waals surface area (Å²) in [6.45, 7) is 5.21. The fourth-order valence-electron chi connectivity index (χ4n) is 6.91. The highest BCUT2D eigenvalue weighted by atomic mass is 16.7. The predicted octanol–water partition coefficient (Wildman–Crippen LogP) is 6.84. The van der Waals surface area contributed by atoms with Crippen LogP contribution in [-0.4, -0.2) is 73.5 Å². The van der Waals surface area contributed by atoms with Gasteiger partial charge in [0, 0.05) is 19.3 Å². The van der Waals surface area contributed by atoms with Crippen LogP contribution in [0.4, 0.5) is 0 Å². The Morgan fingerprint density at radius 3 is 1.66 bits per heavy atom. The summed E-state index contributed by atoms with van der Waals surface area (Å²) in [4.78, 5) is 93.9. The number of ether oxygens (including phenoxy) is 1. The van der Waals surface area contributed by atoms with E-state index in [1.165, 1.54) is 44.4 Å². The Morgan fingerprint density at radius 2 is 1.20 bits per heavy atom. The lowest BCUT2D eigenvalue weighted by Crippen LogP contribution is -2.56. The van der Waals surface area contributed by atoms with Gasteiger partial charge in [0.25, 0.3) is 11.8 Å². The summed E-state index contributed by atoms with van der Waals surface area (Å²) in [5.74, 6) is -5.74. The van der Waals surface area contributed by atoms with Crippen molar-refractivity contribution in [3.63, 3.8) is 0 Å². The second-order valence-corrected chi connectivity index (χ2v) is 14.3. The molecule has 0 aromatic rings. The van der Waals surface area contributed by atoms with E-state index in [2.05, 4.69) is 6.92 Å². The summed E-state index contributed by atoms with van der Waals surface area (Å²) in [6.07, 6.45) is 15.1. The summed E-state index contributed by atoms with van der Waals surface area (Å²) in [6, 6.07) is -1.25. The topological polar surface area (TPSA) is 185 Å². The van der Waals surface area contributed by atoms with Gasteiger partial charge >= 0.3 is 23.9 Å². The van der Waals surface area contributed by atoms with E-state index in [-0.39, 0.29) is 38.5 Å². The molecule has 3 amide bonds. The average Bonchev–Trinajstić information content (AvgIpc) is 3.49. The van der Waals surface area contributed by atoms with E-state index in [0.29, 0.717) is 24.3 Å². The average molecular weight is 709 g/mol. The highest BCUT2D eigenvalue weighted by molar-refractivity contribution is 6.04. The summed E-state index contributed by atoms with van der Waals surface area (Å²) in [5.41, 5.74) is -3.26. The molecule has 0 spiro atoms. The van der Waals surface area contributed by atoms with Crippen molar-refractivity contribution in [1.82, 2.24) is 9.96 Å². The van der Waals surface area contributed by atoms with Gasteiger partial charge < -0.3 is 19.8 Å². The first-order chi connectivity index (χ1) is 23.8. The van der Waals surface area contributed by atoms with E-state index in [1.807, 2.05) is 0 Å². The Hall–Kier alpha value is -3.51. The van der Waals surface area contributed by atoms with Gasteiger partial charge in [-0.1, -0.05) is 110 Å². The molecule has 0 aromatic heterocycles. The van der Waals surface area contributed by atoms with Crippen molar-refractivity contribution in [2.24, 2.45) is 5.41 Å². The lowest BCUT2D eigenvalue weighted by atomic mass is 9.75. The van der Waals surface area contributed by atoms with E-state index in [9.17, 15) is 38.7 Å². The lowest BCUT2D eigenvalue weighted by molar-refractivity contribution is -0.197. The van der Waals surface area contributed by atoms with Crippen LogP contribution < -0.4 is 0 Å². The number of hydrogen-bond acceptors (Lipinski definition) is 9. The highest BCUT2D eigenvalue weighted by Gasteiger charge is 2.57. The summed E-state index contributed by atoms with van der Waals surface area (Å²) in [7, 11) is 0. The fraction of sp³-hybridized carbons (Fsp3) is 0.811. The van der Waals surface area contributed by atoms with Crippen LogP contribution in [0.3, 0.4) is 0 Å². The quantitative estimate of drug-likeness (QED) is 0.0394. The fourth-order valence-corrected chi connectivity index (χ4v) is 6.91. The monoisotopic (exact) mass is 708 g/mol.